The number of carbonyl (C=O) groups is 1. The van der Waals surface area contributed by atoms with Gasteiger partial charge < -0.3 is 14.7 Å². The molecular weight excluding hydrogens is 220 g/mol. The molecule has 1 saturated heterocycles. The van der Waals surface area contributed by atoms with Crippen LogP contribution < -0.4 is 4.90 Å². The highest BCUT2D eigenvalue weighted by Gasteiger charge is 2.32. The summed E-state index contributed by atoms with van der Waals surface area (Å²) in [6, 6.07) is 1.75. The summed E-state index contributed by atoms with van der Waals surface area (Å²) in [4.78, 5) is 17.1. The zero-order chi connectivity index (χ0) is 12.5. The van der Waals surface area contributed by atoms with Crippen molar-refractivity contribution in [2.75, 3.05) is 24.7 Å². The van der Waals surface area contributed by atoms with E-state index in [-0.39, 0.29) is 11.1 Å². The maximum atomic E-state index is 11.2. The van der Waals surface area contributed by atoms with Crippen LogP contribution in [0.5, 0.6) is 0 Å². The van der Waals surface area contributed by atoms with Crippen LogP contribution in [0.3, 0.4) is 0 Å². The average molecular weight is 236 g/mol. The van der Waals surface area contributed by atoms with E-state index in [4.69, 9.17) is 9.84 Å². The van der Waals surface area contributed by atoms with E-state index in [1.165, 1.54) is 6.20 Å². The second-order valence-electron chi connectivity index (χ2n) is 4.71. The van der Waals surface area contributed by atoms with E-state index in [0.29, 0.717) is 25.4 Å². The zero-order valence-electron chi connectivity index (χ0n) is 10.0. The van der Waals surface area contributed by atoms with Gasteiger partial charge in [0.2, 0.25) is 0 Å². The minimum atomic E-state index is -0.949. The topological polar surface area (TPSA) is 62.7 Å². The molecule has 5 nitrogen and oxygen atoms in total. The van der Waals surface area contributed by atoms with E-state index in [2.05, 4.69) is 9.88 Å². The first kappa shape index (κ1) is 11.9. The summed E-state index contributed by atoms with van der Waals surface area (Å²) in [5.74, 6) is -0.949. The Morgan fingerprint density at radius 1 is 1.59 bits per heavy atom. The fraction of sp³-hybridized carbons (Fsp3) is 0.500. The van der Waals surface area contributed by atoms with Crippen molar-refractivity contribution in [3.05, 3.63) is 24.0 Å². The number of hydrogen-bond acceptors (Lipinski definition) is 4. The normalized spacial score (nSPS) is 19.1. The monoisotopic (exact) mass is 236 g/mol. The fourth-order valence-electron chi connectivity index (χ4n) is 2.09. The van der Waals surface area contributed by atoms with E-state index in [1.807, 2.05) is 13.8 Å². The number of carboxylic acid groups (broad SMARTS) is 1. The molecule has 2 heterocycles. The van der Waals surface area contributed by atoms with Crippen LogP contribution in [-0.4, -0.2) is 41.4 Å². The van der Waals surface area contributed by atoms with E-state index in [0.717, 1.165) is 0 Å². The fourth-order valence-corrected chi connectivity index (χ4v) is 2.09. The van der Waals surface area contributed by atoms with Crippen molar-refractivity contribution in [3.63, 3.8) is 0 Å². The molecule has 2 rings (SSSR count). The summed E-state index contributed by atoms with van der Waals surface area (Å²) in [6.07, 6.45) is 3.01. The van der Waals surface area contributed by atoms with Crippen molar-refractivity contribution in [3.8, 4) is 0 Å². The molecule has 0 saturated carbocycles. The van der Waals surface area contributed by atoms with Gasteiger partial charge in [-0.15, -0.1) is 0 Å². The Morgan fingerprint density at radius 3 is 3.00 bits per heavy atom. The molecule has 0 aromatic carbocycles. The minimum Gasteiger partial charge on any atom is -0.478 e. The molecule has 92 valence electrons. The van der Waals surface area contributed by atoms with E-state index in [9.17, 15) is 4.79 Å². The van der Waals surface area contributed by atoms with Crippen LogP contribution >= 0.6 is 0 Å². The molecule has 0 amide bonds. The number of hydrogen-bond donors (Lipinski definition) is 1. The van der Waals surface area contributed by atoms with Gasteiger partial charge in [0, 0.05) is 18.9 Å². The zero-order valence-corrected chi connectivity index (χ0v) is 10.0. The van der Waals surface area contributed by atoms with Crippen LogP contribution in [0.2, 0.25) is 0 Å². The van der Waals surface area contributed by atoms with Gasteiger partial charge in [0.15, 0.2) is 0 Å². The SMILES string of the molecule is CC1(C)COCCN1c1ccncc1C(=O)O. The average Bonchev–Trinajstić information content (AvgIpc) is 2.28. The molecule has 1 fully saturated rings. The number of aromatic carboxylic acids is 1. The van der Waals surface area contributed by atoms with E-state index < -0.39 is 5.97 Å². The molecule has 0 unspecified atom stereocenters. The molecule has 1 aromatic heterocycles. The Labute approximate surface area is 100 Å². The summed E-state index contributed by atoms with van der Waals surface area (Å²) in [5, 5.41) is 9.17. The predicted molar refractivity (Wildman–Crippen MR) is 63.4 cm³/mol. The summed E-state index contributed by atoms with van der Waals surface area (Å²) in [5.41, 5.74) is 0.743. The first-order valence-corrected chi connectivity index (χ1v) is 5.55. The van der Waals surface area contributed by atoms with Crippen LogP contribution in [0, 0.1) is 0 Å². The largest absolute Gasteiger partial charge is 0.478 e. The maximum absolute atomic E-state index is 11.2. The highest BCUT2D eigenvalue weighted by atomic mass is 16.5. The first-order valence-electron chi connectivity index (χ1n) is 5.55. The lowest BCUT2D eigenvalue weighted by atomic mass is 10.0. The first-order chi connectivity index (χ1) is 8.02. The molecule has 0 atom stereocenters. The quantitative estimate of drug-likeness (QED) is 0.840. The van der Waals surface area contributed by atoms with Gasteiger partial charge in [0.1, 0.15) is 5.56 Å². The molecule has 1 aromatic rings. The molecular formula is C12H16N2O3. The van der Waals surface area contributed by atoms with Crippen molar-refractivity contribution in [1.29, 1.82) is 0 Å². The Balaban J connectivity index is 2.42. The van der Waals surface area contributed by atoms with Gasteiger partial charge in [0.25, 0.3) is 0 Å². The van der Waals surface area contributed by atoms with Crippen LogP contribution in [-0.2, 0) is 4.74 Å². The number of nitrogens with zero attached hydrogens (tertiary/aromatic N) is 2. The molecule has 0 radical (unpaired) electrons. The van der Waals surface area contributed by atoms with Gasteiger partial charge in [-0.05, 0) is 19.9 Å². The Morgan fingerprint density at radius 2 is 2.35 bits per heavy atom. The lowest BCUT2D eigenvalue weighted by Gasteiger charge is -2.44. The van der Waals surface area contributed by atoms with Gasteiger partial charge in [-0.25, -0.2) is 4.79 Å². The standard InChI is InChI=1S/C12H16N2O3/c1-12(2)8-17-6-5-14(12)10-3-4-13-7-9(10)11(15)16/h3-4,7H,5-6,8H2,1-2H3,(H,15,16). The molecule has 1 aliphatic heterocycles. The van der Waals surface area contributed by atoms with Gasteiger partial charge >= 0.3 is 5.97 Å². The number of carboxylic acids is 1. The third kappa shape index (κ3) is 2.24. The predicted octanol–water partition coefficient (Wildman–Crippen LogP) is 1.40. The third-order valence-corrected chi connectivity index (χ3v) is 2.96. The van der Waals surface area contributed by atoms with Crippen LogP contribution in [0.1, 0.15) is 24.2 Å². The van der Waals surface area contributed by atoms with Gasteiger partial charge in [-0.2, -0.15) is 0 Å². The van der Waals surface area contributed by atoms with Crippen molar-refractivity contribution < 1.29 is 14.6 Å². The molecule has 1 aliphatic rings. The van der Waals surface area contributed by atoms with Crippen LogP contribution in [0.25, 0.3) is 0 Å². The van der Waals surface area contributed by atoms with Crippen LogP contribution in [0.15, 0.2) is 18.5 Å². The van der Waals surface area contributed by atoms with Crippen LogP contribution in [0.4, 0.5) is 5.69 Å². The summed E-state index contributed by atoms with van der Waals surface area (Å²) in [7, 11) is 0. The highest BCUT2D eigenvalue weighted by molar-refractivity contribution is 5.94. The minimum absolute atomic E-state index is 0.205. The lowest BCUT2D eigenvalue weighted by Crippen LogP contribution is -2.53. The Kier molecular flexibility index (Phi) is 3.02. The molecule has 0 bridgehead atoms. The Hall–Kier alpha value is -1.62. The summed E-state index contributed by atoms with van der Waals surface area (Å²) in [6.45, 7) is 5.98. The van der Waals surface area contributed by atoms with Gasteiger partial charge in [-0.3, -0.25) is 4.98 Å². The number of rotatable bonds is 2. The third-order valence-electron chi connectivity index (χ3n) is 2.96. The Bertz CT molecular complexity index is 432. The number of aromatic nitrogens is 1. The number of anilines is 1. The number of pyridine rings is 1. The highest BCUT2D eigenvalue weighted by Crippen LogP contribution is 2.29. The van der Waals surface area contributed by atoms with Gasteiger partial charge in [-0.1, -0.05) is 0 Å². The van der Waals surface area contributed by atoms with Gasteiger partial charge in [0.05, 0.1) is 24.4 Å². The second kappa shape index (κ2) is 4.33. The van der Waals surface area contributed by atoms with Crippen molar-refractivity contribution in [2.45, 2.75) is 19.4 Å². The van der Waals surface area contributed by atoms with Crippen molar-refractivity contribution >= 4 is 11.7 Å². The molecule has 0 spiro atoms. The smallest absolute Gasteiger partial charge is 0.339 e. The second-order valence-corrected chi connectivity index (χ2v) is 4.71. The molecule has 5 heteroatoms. The van der Waals surface area contributed by atoms with E-state index >= 15 is 0 Å². The van der Waals surface area contributed by atoms with Crippen molar-refractivity contribution in [2.24, 2.45) is 0 Å². The number of morpholine rings is 1. The summed E-state index contributed by atoms with van der Waals surface area (Å²) < 4.78 is 5.43. The van der Waals surface area contributed by atoms with E-state index in [1.54, 1.807) is 12.3 Å². The summed E-state index contributed by atoms with van der Waals surface area (Å²) >= 11 is 0. The molecule has 1 N–H and O–H groups in total. The van der Waals surface area contributed by atoms with Crippen molar-refractivity contribution in [1.82, 2.24) is 4.98 Å². The maximum Gasteiger partial charge on any atom is 0.339 e. The molecule has 0 aliphatic carbocycles. The molecule has 17 heavy (non-hydrogen) atoms. The number of ether oxygens (including phenoxy) is 1. The lowest BCUT2D eigenvalue weighted by molar-refractivity contribution is 0.0629.